The third kappa shape index (κ3) is 3.10. The normalized spacial score (nSPS) is 10.8. The van der Waals surface area contributed by atoms with Crippen molar-refractivity contribution in [3.05, 3.63) is 69.8 Å². The van der Waals surface area contributed by atoms with Gasteiger partial charge < -0.3 is 14.4 Å². The van der Waals surface area contributed by atoms with Gasteiger partial charge in [0, 0.05) is 17.5 Å². The first-order valence-corrected chi connectivity index (χ1v) is 7.87. The Balaban J connectivity index is 2.11. The summed E-state index contributed by atoms with van der Waals surface area (Å²) in [6.45, 7) is 2.12. The van der Waals surface area contributed by atoms with Crippen LogP contribution in [0.5, 0.6) is 5.75 Å². The van der Waals surface area contributed by atoms with Crippen molar-refractivity contribution in [2.24, 2.45) is 0 Å². The van der Waals surface area contributed by atoms with Gasteiger partial charge in [-0.3, -0.25) is 4.79 Å². The fraction of sp³-hybridized carbons (Fsp3) is 0.211. The summed E-state index contributed by atoms with van der Waals surface area (Å²) in [5.41, 5.74) is 1.76. The minimum absolute atomic E-state index is 0.143. The first kappa shape index (κ1) is 16.7. The molecule has 1 N–H and O–H groups in total. The van der Waals surface area contributed by atoms with Gasteiger partial charge in [0.15, 0.2) is 11.4 Å². The van der Waals surface area contributed by atoms with Crippen LogP contribution in [0.3, 0.4) is 0 Å². The van der Waals surface area contributed by atoms with Crippen LogP contribution in [0, 0.1) is 6.92 Å². The van der Waals surface area contributed by atoms with Crippen molar-refractivity contribution >= 4 is 16.9 Å². The molecule has 0 aliphatic carbocycles. The number of rotatable bonds is 4. The molecule has 25 heavy (non-hydrogen) atoms. The molecular weight excluding hydrogens is 320 g/mol. The smallest absolute Gasteiger partial charge is 0.360 e. The number of aryl methyl sites for hydroxylation is 3. The highest BCUT2D eigenvalue weighted by Gasteiger charge is 2.19. The van der Waals surface area contributed by atoms with Gasteiger partial charge in [0.2, 0.25) is 0 Å². The van der Waals surface area contributed by atoms with Crippen LogP contribution in [0.1, 0.15) is 21.6 Å². The van der Waals surface area contributed by atoms with Crippen LogP contribution < -0.4 is 5.56 Å². The molecule has 3 rings (SSSR count). The van der Waals surface area contributed by atoms with Crippen LogP contribution in [-0.2, 0) is 17.7 Å². The summed E-state index contributed by atoms with van der Waals surface area (Å²) in [6, 6.07) is 11.4. The van der Waals surface area contributed by atoms with Gasteiger partial charge >= 0.3 is 5.97 Å². The lowest BCUT2D eigenvalue weighted by atomic mass is 10.1. The van der Waals surface area contributed by atoms with Crippen LogP contribution in [0.25, 0.3) is 10.9 Å². The summed E-state index contributed by atoms with van der Waals surface area (Å²) >= 11 is 0. The second-order valence-corrected chi connectivity index (χ2v) is 5.77. The molecule has 6 heteroatoms. The Kier molecular flexibility index (Phi) is 4.52. The van der Waals surface area contributed by atoms with E-state index in [1.165, 1.54) is 13.3 Å². The van der Waals surface area contributed by atoms with Gasteiger partial charge in [-0.15, -0.1) is 0 Å². The molecule has 0 aliphatic rings. The number of carbonyl (C=O) groups excluding carboxylic acids is 1. The number of carbonyl (C=O) groups is 1. The van der Waals surface area contributed by atoms with Crippen LogP contribution in [0.2, 0.25) is 0 Å². The first-order chi connectivity index (χ1) is 12.0. The largest absolute Gasteiger partial charge is 0.505 e. The third-order valence-corrected chi connectivity index (χ3v) is 4.15. The Bertz CT molecular complexity index is 994. The standard InChI is InChI=1S/C19H18N2O4/c1-12-10-14-15(11-20-16(17(14)22)19(24)25-2)21(18(12)23)9-8-13-6-4-3-5-7-13/h3-7,10-11,22H,8-9H2,1-2H3. The zero-order chi connectivity index (χ0) is 18.0. The van der Waals surface area contributed by atoms with E-state index in [9.17, 15) is 14.7 Å². The molecule has 0 fully saturated rings. The molecule has 2 heterocycles. The molecule has 1 aromatic carbocycles. The number of pyridine rings is 2. The first-order valence-electron chi connectivity index (χ1n) is 7.87. The predicted molar refractivity (Wildman–Crippen MR) is 93.9 cm³/mol. The number of aromatic hydroxyl groups is 1. The van der Waals surface area contributed by atoms with Gasteiger partial charge in [0.1, 0.15) is 0 Å². The second-order valence-electron chi connectivity index (χ2n) is 5.77. The Morgan fingerprint density at radius 2 is 2.00 bits per heavy atom. The number of aromatic nitrogens is 2. The highest BCUT2D eigenvalue weighted by atomic mass is 16.5. The Labute approximate surface area is 144 Å². The van der Waals surface area contributed by atoms with E-state index in [1.807, 2.05) is 30.3 Å². The van der Waals surface area contributed by atoms with E-state index >= 15 is 0 Å². The van der Waals surface area contributed by atoms with Crippen molar-refractivity contribution in [3.63, 3.8) is 0 Å². The number of methoxy groups -OCH3 is 1. The molecule has 0 atom stereocenters. The topological polar surface area (TPSA) is 81.4 Å². The maximum absolute atomic E-state index is 12.6. The van der Waals surface area contributed by atoms with Crippen molar-refractivity contribution in [2.45, 2.75) is 19.9 Å². The van der Waals surface area contributed by atoms with Crippen LogP contribution in [0.15, 0.2) is 47.4 Å². The molecular formula is C19H18N2O4. The van der Waals surface area contributed by atoms with E-state index in [0.29, 0.717) is 29.4 Å². The number of ether oxygens (including phenoxy) is 1. The third-order valence-electron chi connectivity index (χ3n) is 4.15. The number of hydrogen-bond donors (Lipinski definition) is 1. The second kappa shape index (κ2) is 6.76. The lowest BCUT2D eigenvalue weighted by Crippen LogP contribution is -2.24. The maximum atomic E-state index is 12.6. The molecule has 128 valence electrons. The molecule has 0 saturated carbocycles. The molecule has 0 radical (unpaired) electrons. The van der Waals surface area contributed by atoms with E-state index in [1.54, 1.807) is 17.6 Å². The lowest BCUT2D eigenvalue weighted by molar-refractivity contribution is 0.0591. The molecule has 2 aromatic heterocycles. The quantitative estimate of drug-likeness (QED) is 0.739. The number of benzene rings is 1. The van der Waals surface area contributed by atoms with Gasteiger partial charge in [0.05, 0.1) is 18.8 Å². The van der Waals surface area contributed by atoms with Gasteiger partial charge in [0.25, 0.3) is 5.56 Å². The van der Waals surface area contributed by atoms with Gasteiger partial charge in [-0.2, -0.15) is 0 Å². The van der Waals surface area contributed by atoms with Crippen LogP contribution in [0.4, 0.5) is 0 Å². The number of esters is 1. The molecule has 0 spiro atoms. The fourth-order valence-corrected chi connectivity index (χ4v) is 2.82. The Hall–Kier alpha value is -3.15. The van der Waals surface area contributed by atoms with Crippen molar-refractivity contribution in [3.8, 4) is 5.75 Å². The number of fused-ring (bicyclic) bond motifs is 1. The van der Waals surface area contributed by atoms with E-state index in [4.69, 9.17) is 0 Å². The average molecular weight is 338 g/mol. The van der Waals surface area contributed by atoms with Crippen LogP contribution >= 0.6 is 0 Å². The van der Waals surface area contributed by atoms with Gasteiger partial charge in [-0.25, -0.2) is 9.78 Å². The molecule has 0 bridgehead atoms. The molecule has 0 saturated heterocycles. The number of hydrogen-bond acceptors (Lipinski definition) is 5. The molecule has 3 aromatic rings. The molecule has 0 unspecified atom stereocenters. The molecule has 6 nitrogen and oxygen atoms in total. The predicted octanol–water partition coefficient (Wildman–Crippen LogP) is 2.44. The van der Waals surface area contributed by atoms with Gasteiger partial charge in [-0.1, -0.05) is 30.3 Å². The summed E-state index contributed by atoms with van der Waals surface area (Å²) in [7, 11) is 1.22. The van der Waals surface area contributed by atoms with E-state index in [-0.39, 0.29) is 17.0 Å². The van der Waals surface area contributed by atoms with Crippen molar-refractivity contribution in [1.29, 1.82) is 0 Å². The SMILES string of the molecule is COC(=O)c1ncc2c(cc(C)c(=O)n2CCc2ccccc2)c1O. The molecule has 0 aliphatic heterocycles. The maximum Gasteiger partial charge on any atom is 0.360 e. The van der Waals surface area contributed by atoms with E-state index < -0.39 is 5.97 Å². The zero-order valence-corrected chi connectivity index (χ0v) is 14.0. The lowest BCUT2D eigenvalue weighted by Gasteiger charge is -2.13. The molecule has 0 amide bonds. The van der Waals surface area contributed by atoms with E-state index in [2.05, 4.69) is 9.72 Å². The van der Waals surface area contributed by atoms with E-state index in [0.717, 1.165) is 5.56 Å². The monoisotopic (exact) mass is 338 g/mol. The van der Waals surface area contributed by atoms with Crippen LogP contribution in [-0.4, -0.2) is 27.7 Å². The Morgan fingerprint density at radius 3 is 2.68 bits per heavy atom. The minimum atomic E-state index is -0.723. The Morgan fingerprint density at radius 1 is 1.28 bits per heavy atom. The summed E-state index contributed by atoms with van der Waals surface area (Å²) in [5.74, 6) is -1.00. The fourth-order valence-electron chi connectivity index (χ4n) is 2.82. The van der Waals surface area contributed by atoms with Gasteiger partial charge in [-0.05, 0) is 25.0 Å². The van der Waals surface area contributed by atoms with Crippen molar-refractivity contribution in [1.82, 2.24) is 9.55 Å². The number of nitrogens with zero attached hydrogens (tertiary/aromatic N) is 2. The minimum Gasteiger partial charge on any atom is -0.505 e. The summed E-state index contributed by atoms with van der Waals surface area (Å²) < 4.78 is 6.20. The summed E-state index contributed by atoms with van der Waals surface area (Å²) in [6.07, 6.45) is 2.09. The van der Waals surface area contributed by atoms with Crippen molar-refractivity contribution in [2.75, 3.05) is 7.11 Å². The summed E-state index contributed by atoms with van der Waals surface area (Å²) in [5, 5.41) is 10.8. The van der Waals surface area contributed by atoms with Crippen molar-refractivity contribution < 1.29 is 14.6 Å². The average Bonchev–Trinajstić information content (AvgIpc) is 2.63. The zero-order valence-electron chi connectivity index (χ0n) is 14.0. The summed E-state index contributed by atoms with van der Waals surface area (Å²) in [4.78, 5) is 28.2. The highest BCUT2D eigenvalue weighted by molar-refractivity contribution is 5.98. The highest BCUT2D eigenvalue weighted by Crippen LogP contribution is 2.27.